The smallest absolute Gasteiger partial charge is 0.274 e. The molecule has 0 unspecified atom stereocenters. The van der Waals surface area contributed by atoms with Crippen molar-refractivity contribution in [3.8, 4) is 0 Å². The number of carbonyl (C=O) groups is 1. The van der Waals surface area contributed by atoms with E-state index in [2.05, 4.69) is 9.88 Å². The van der Waals surface area contributed by atoms with Gasteiger partial charge in [0.15, 0.2) is 10.7 Å². The van der Waals surface area contributed by atoms with Gasteiger partial charge >= 0.3 is 0 Å². The largest absolute Gasteiger partial charge is 0.392 e. The fraction of sp³-hybridized carbons (Fsp3) is 0.625. The second-order valence-electron chi connectivity index (χ2n) is 6.49. The summed E-state index contributed by atoms with van der Waals surface area (Å²) in [5.41, 5.74) is 1.56. The van der Waals surface area contributed by atoms with Gasteiger partial charge in [0.25, 0.3) is 5.91 Å². The molecular formula is C16H22N4O2S. The average Bonchev–Trinajstić information content (AvgIpc) is 3.25. The highest BCUT2D eigenvalue weighted by atomic mass is 32.1. The van der Waals surface area contributed by atoms with Crippen molar-refractivity contribution in [2.24, 2.45) is 0 Å². The Kier molecular flexibility index (Phi) is 4.09. The molecule has 1 atom stereocenters. The number of amides is 1. The van der Waals surface area contributed by atoms with E-state index in [9.17, 15) is 9.90 Å². The first-order valence-corrected chi connectivity index (χ1v) is 9.24. The maximum atomic E-state index is 12.8. The number of hydrogen-bond acceptors (Lipinski definition) is 5. The highest BCUT2D eigenvalue weighted by Gasteiger charge is 2.28. The molecule has 2 aromatic heterocycles. The molecule has 2 saturated heterocycles. The fourth-order valence-electron chi connectivity index (χ4n) is 3.61. The standard InChI is InChI=1S/C16H22N4O2S/c21-12-4-3-5-18(10-12)11-13-14(15(22)19-6-1-2-7-19)17-16-20(13)8-9-23-16/h8-9,12,21H,1-7,10-11H2/t12-/m1/s1. The highest BCUT2D eigenvalue weighted by Crippen LogP contribution is 2.23. The molecule has 2 aliphatic rings. The summed E-state index contributed by atoms with van der Waals surface area (Å²) in [6.45, 7) is 3.99. The van der Waals surface area contributed by atoms with E-state index in [-0.39, 0.29) is 12.0 Å². The molecule has 0 radical (unpaired) electrons. The van der Waals surface area contributed by atoms with Gasteiger partial charge < -0.3 is 10.0 Å². The zero-order chi connectivity index (χ0) is 15.8. The summed E-state index contributed by atoms with van der Waals surface area (Å²) in [6.07, 6.45) is 5.78. The second kappa shape index (κ2) is 6.22. The van der Waals surface area contributed by atoms with Crippen LogP contribution in [0.15, 0.2) is 11.6 Å². The third-order valence-corrected chi connectivity index (χ3v) is 5.57. The molecule has 0 aromatic carbocycles. The van der Waals surface area contributed by atoms with Crippen molar-refractivity contribution in [1.82, 2.24) is 19.2 Å². The van der Waals surface area contributed by atoms with Gasteiger partial charge in [-0.3, -0.25) is 14.1 Å². The van der Waals surface area contributed by atoms with Crippen LogP contribution < -0.4 is 0 Å². The molecular weight excluding hydrogens is 312 g/mol. The van der Waals surface area contributed by atoms with Gasteiger partial charge in [0.2, 0.25) is 0 Å². The van der Waals surface area contributed by atoms with Crippen molar-refractivity contribution in [3.63, 3.8) is 0 Å². The fourth-order valence-corrected chi connectivity index (χ4v) is 4.34. The third kappa shape index (κ3) is 2.88. The van der Waals surface area contributed by atoms with Crippen molar-refractivity contribution in [2.45, 2.75) is 38.3 Å². The Bertz CT molecular complexity index is 704. The lowest BCUT2D eigenvalue weighted by Crippen LogP contribution is -2.38. The monoisotopic (exact) mass is 334 g/mol. The van der Waals surface area contributed by atoms with Gasteiger partial charge in [-0.05, 0) is 32.2 Å². The van der Waals surface area contributed by atoms with E-state index in [1.807, 2.05) is 20.9 Å². The van der Waals surface area contributed by atoms with Crippen molar-refractivity contribution >= 4 is 22.2 Å². The summed E-state index contributed by atoms with van der Waals surface area (Å²) in [5, 5.41) is 11.9. The number of carbonyl (C=O) groups excluding carboxylic acids is 1. The third-order valence-electron chi connectivity index (χ3n) is 4.81. The molecule has 6 nitrogen and oxygen atoms in total. The Hall–Kier alpha value is -1.44. The lowest BCUT2D eigenvalue weighted by atomic mass is 10.1. The van der Waals surface area contributed by atoms with Crippen molar-refractivity contribution in [3.05, 3.63) is 23.0 Å². The van der Waals surface area contributed by atoms with Gasteiger partial charge in [0, 0.05) is 37.8 Å². The van der Waals surface area contributed by atoms with Crippen LogP contribution in [0.2, 0.25) is 0 Å². The number of imidazole rings is 1. The topological polar surface area (TPSA) is 61.1 Å². The van der Waals surface area contributed by atoms with Crippen molar-refractivity contribution in [2.75, 3.05) is 26.2 Å². The van der Waals surface area contributed by atoms with Crippen LogP contribution in [-0.2, 0) is 6.54 Å². The molecule has 4 rings (SSSR count). The van der Waals surface area contributed by atoms with Crippen LogP contribution in [0.1, 0.15) is 41.9 Å². The second-order valence-corrected chi connectivity index (χ2v) is 7.37. The lowest BCUT2D eigenvalue weighted by molar-refractivity contribution is 0.0653. The molecule has 124 valence electrons. The Balaban J connectivity index is 1.64. The van der Waals surface area contributed by atoms with Gasteiger partial charge in [-0.1, -0.05) is 0 Å². The van der Waals surface area contributed by atoms with Gasteiger partial charge in [-0.15, -0.1) is 11.3 Å². The number of nitrogens with zero attached hydrogens (tertiary/aromatic N) is 4. The molecule has 2 aromatic rings. The number of rotatable bonds is 3. The van der Waals surface area contributed by atoms with E-state index >= 15 is 0 Å². The SMILES string of the molecule is O=C(c1nc2sccn2c1CN1CCC[C@@H](O)C1)N1CCCC1. The maximum absolute atomic E-state index is 12.8. The summed E-state index contributed by atoms with van der Waals surface area (Å²) in [7, 11) is 0. The normalized spacial score (nSPS) is 23.0. The zero-order valence-corrected chi connectivity index (χ0v) is 14.0. The molecule has 2 fully saturated rings. The van der Waals surface area contributed by atoms with Crippen molar-refractivity contribution in [1.29, 1.82) is 0 Å². The minimum absolute atomic E-state index is 0.0611. The summed E-state index contributed by atoms with van der Waals surface area (Å²) < 4.78 is 2.04. The molecule has 4 heterocycles. The van der Waals surface area contributed by atoms with Gasteiger partial charge in [-0.2, -0.15) is 0 Å². The molecule has 0 bridgehead atoms. The first kappa shape index (κ1) is 15.1. The summed E-state index contributed by atoms with van der Waals surface area (Å²) in [5.74, 6) is 0.0611. The van der Waals surface area contributed by atoms with Crippen LogP contribution in [0.5, 0.6) is 0 Å². The van der Waals surface area contributed by atoms with Crippen LogP contribution in [0, 0.1) is 0 Å². The predicted molar refractivity (Wildman–Crippen MR) is 88.7 cm³/mol. The van der Waals surface area contributed by atoms with Gasteiger partial charge in [-0.25, -0.2) is 4.98 Å². The minimum atomic E-state index is -0.257. The molecule has 2 aliphatic heterocycles. The highest BCUT2D eigenvalue weighted by molar-refractivity contribution is 7.15. The first-order chi connectivity index (χ1) is 11.2. The Morgan fingerprint density at radius 2 is 2.13 bits per heavy atom. The van der Waals surface area contributed by atoms with E-state index < -0.39 is 0 Å². The number of aliphatic hydroxyl groups excluding tert-OH is 1. The van der Waals surface area contributed by atoms with E-state index in [1.54, 1.807) is 11.3 Å². The average molecular weight is 334 g/mol. The Morgan fingerprint density at radius 1 is 1.30 bits per heavy atom. The quantitative estimate of drug-likeness (QED) is 0.926. The zero-order valence-electron chi connectivity index (χ0n) is 13.1. The van der Waals surface area contributed by atoms with Crippen molar-refractivity contribution < 1.29 is 9.90 Å². The molecule has 7 heteroatoms. The maximum Gasteiger partial charge on any atom is 0.274 e. The molecule has 0 aliphatic carbocycles. The van der Waals surface area contributed by atoms with Crippen LogP contribution in [0.4, 0.5) is 0 Å². The number of β-amino-alcohol motifs (C(OH)–C–C–N with tert-alkyl or cyclic N) is 1. The molecule has 0 spiro atoms. The summed E-state index contributed by atoms with van der Waals surface area (Å²) in [4.78, 5) is 22.5. The number of fused-ring (bicyclic) bond motifs is 1. The number of likely N-dealkylation sites (tertiary alicyclic amines) is 2. The number of aromatic nitrogens is 2. The predicted octanol–water partition coefficient (Wildman–Crippen LogP) is 1.59. The Labute approximate surface area is 139 Å². The van der Waals surface area contributed by atoms with E-state index in [0.717, 1.165) is 56.0 Å². The summed E-state index contributed by atoms with van der Waals surface area (Å²) >= 11 is 1.56. The van der Waals surface area contributed by atoms with Crippen LogP contribution >= 0.6 is 11.3 Å². The van der Waals surface area contributed by atoms with Crippen LogP contribution in [-0.4, -0.2) is 62.5 Å². The van der Waals surface area contributed by atoms with Crippen LogP contribution in [0.25, 0.3) is 4.96 Å². The number of hydrogen-bond donors (Lipinski definition) is 1. The van der Waals surface area contributed by atoms with Gasteiger partial charge in [0.1, 0.15) is 0 Å². The first-order valence-electron chi connectivity index (χ1n) is 8.36. The molecule has 1 N–H and O–H groups in total. The van der Waals surface area contributed by atoms with Crippen LogP contribution in [0.3, 0.4) is 0 Å². The van der Waals surface area contributed by atoms with Gasteiger partial charge in [0.05, 0.1) is 11.8 Å². The molecule has 23 heavy (non-hydrogen) atoms. The van der Waals surface area contributed by atoms with E-state index in [4.69, 9.17) is 0 Å². The Morgan fingerprint density at radius 3 is 2.91 bits per heavy atom. The minimum Gasteiger partial charge on any atom is -0.392 e. The number of piperidine rings is 1. The number of aliphatic hydroxyl groups is 1. The summed E-state index contributed by atoms with van der Waals surface area (Å²) in [6, 6.07) is 0. The van der Waals surface area contributed by atoms with E-state index in [0.29, 0.717) is 18.8 Å². The lowest BCUT2D eigenvalue weighted by Gasteiger charge is -2.30. The molecule has 1 amide bonds. The molecule has 0 saturated carbocycles. The number of thiazole rings is 1. The van der Waals surface area contributed by atoms with E-state index in [1.165, 1.54) is 0 Å².